The van der Waals surface area contributed by atoms with E-state index < -0.39 is 5.60 Å². The number of benzene rings is 3. The van der Waals surface area contributed by atoms with Crippen molar-refractivity contribution in [3.63, 3.8) is 0 Å². The maximum Gasteiger partial charge on any atom is 0.170 e. The number of aliphatic hydroxyl groups is 1. The van der Waals surface area contributed by atoms with Gasteiger partial charge in [-0.3, -0.25) is 0 Å². The Labute approximate surface area is 196 Å². The van der Waals surface area contributed by atoms with Crippen molar-refractivity contribution < 1.29 is 9.63 Å². The molecule has 1 aliphatic carbocycles. The molecule has 1 aromatic heterocycles. The predicted molar refractivity (Wildman–Crippen MR) is 133 cm³/mol. The van der Waals surface area contributed by atoms with Crippen LogP contribution in [0.25, 0.3) is 22.5 Å². The van der Waals surface area contributed by atoms with Crippen molar-refractivity contribution in [2.45, 2.75) is 57.5 Å². The topological polar surface area (TPSA) is 46.3 Å². The molecule has 168 valence electrons. The van der Waals surface area contributed by atoms with Gasteiger partial charge in [0.05, 0.1) is 11.3 Å². The van der Waals surface area contributed by atoms with E-state index in [4.69, 9.17) is 4.52 Å². The molecule has 3 heteroatoms. The highest BCUT2D eigenvalue weighted by Gasteiger charge is 2.27. The minimum Gasteiger partial charge on any atom is -0.390 e. The Balaban J connectivity index is 1.31. The summed E-state index contributed by atoms with van der Waals surface area (Å²) in [6, 6.07) is 27.7. The fraction of sp³-hybridized carbons (Fsp3) is 0.300. The van der Waals surface area contributed by atoms with Crippen LogP contribution in [0.4, 0.5) is 0 Å². The maximum atomic E-state index is 11.1. The maximum absolute atomic E-state index is 11.1. The summed E-state index contributed by atoms with van der Waals surface area (Å²) in [5, 5.41) is 15.4. The summed E-state index contributed by atoms with van der Waals surface area (Å²) in [5.74, 6) is 1.53. The first kappa shape index (κ1) is 21.7. The molecule has 0 radical (unpaired) electrons. The van der Waals surface area contributed by atoms with Crippen molar-refractivity contribution in [3.8, 4) is 22.5 Å². The lowest BCUT2D eigenvalue weighted by Crippen LogP contribution is -2.28. The standard InChI is InChI=1S/C30H31NO2/c1-21-28(20-30(2,32)19-18-22-6-4-3-5-7-22)29(33-31-21)27-16-14-26(15-17-27)25-12-10-24(11-13-25)23-8-9-23/h3-7,10-17,23,32H,8-9,18-20H2,1-2H3. The van der Waals surface area contributed by atoms with Crippen molar-refractivity contribution in [2.75, 3.05) is 0 Å². The Morgan fingerprint density at radius 2 is 1.48 bits per heavy atom. The number of nitrogens with zero attached hydrogens (tertiary/aromatic N) is 1. The zero-order valence-electron chi connectivity index (χ0n) is 19.4. The molecule has 0 saturated heterocycles. The van der Waals surface area contributed by atoms with E-state index in [9.17, 15) is 5.11 Å². The highest BCUT2D eigenvalue weighted by molar-refractivity contribution is 5.70. The number of hydrogen-bond donors (Lipinski definition) is 1. The SMILES string of the molecule is Cc1noc(-c2ccc(-c3ccc(C4CC4)cc3)cc2)c1CC(C)(O)CCc1ccccc1. The molecule has 1 saturated carbocycles. The summed E-state index contributed by atoms with van der Waals surface area (Å²) in [7, 11) is 0. The quantitative estimate of drug-likeness (QED) is 0.319. The van der Waals surface area contributed by atoms with Crippen LogP contribution < -0.4 is 0 Å². The van der Waals surface area contributed by atoms with Crippen LogP contribution in [0.1, 0.15) is 54.5 Å². The molecule has 1 atom stereocenters. The molecule has 5 rings (SSSR count). The van der Waals surface area contributed by atoms with Gasteiger partial charge in [0.1, 0.15) is 0 Å². The lowest BCUT2D eigenvalue weighted by molar-refractivity contribution is 0.0514. The number of aryl methyl sites for hydroxylation is 2. The Hall–Kier alpha value is -3.17. The summed E-state index contributed by atoms with van der Waals surface area (Å²) in [4.78, 5) is 0. The molecular weight excluding hydrogens is 406 g/mol. The first-order valence-corrected chi connectivity index (χ1v) is 11.9. The Morgan fingerprint density at radius 3 is 2.12 bits per heavy atom. The van der Waals surface area contributed by atoms with Crippen LogP contribution in [0, 0.1) is 6.92 Å². The number of aromatic nitrogens is 1. The van der Waals surface area contributed by atoms with E-state index in [2.05, 4.69) is 65.8 Å². The van der Waals surface area contributed by atoms with Gasteiger partial charge in [-0.25, -0.2) is 0 Å². The molecule has 4 aromatic rings. The van der Waals surface area contributed by atoms with Crippen molar-refractivity contribution in [1.82, 2.24) is 5.16 Å². The summed E-state index contributed by atoms with van der Waals surface area (Å²) in [6.45, 7) is 3.85. The van der Waals surface area contributed by atoms with Crippen molar-refractivity contribution in [1.29, 1.82) is 0 Å². The summed E-state index contributed by atoms with van der Waals surface area (Å²) in [5.41, 5.74) is 7.07. The highest BCUT2D eigenvalue weighted by Crippen LogP contribution is 2.40. The largest absolute Gasteiger partial charge is 0.390 e. The lowest BCUT2D eigenvalue weighted by Gasteiger charge is -2.23. The van der Waals surface area contributed by atoms with Gasteiger partial charge in [0.15, 0.2) is 5.76 Å². The van der Waals surface area contributed by atoms with Crippen LogP contribution in [0.2, 0.25) is 0 Å². The van der Waals surface area contributed by atoms with E-state index in [1.54, 1.807) is 0 Å². The van der Waals surface area contributed by atoms with Gasteiger partial charge in [-0.15, -0.1) is 0 Å². The molecule has 0 aliphatic heterocycles. The number of hydrogen-bond acceptors (Lipinski definition) is 3. The van der Waals surface area contributed by atoms with Crippen LogP contribution in [0.3, 0.4) is 0 Å². The van der Waals surface area contributed by atoms with Gasteiger partial charge in [-0.2, -0.15) is 0 Å². The molecular formula is C30H31NO2. The third-order valence-electron chi connectivity index (χ3n) is 6.78. The fourth-order valence-electron chi connectivity index (χ4n) is 4.53. The minimum absolute atomic E-state index is 0.509. The molecule has 1 aliphatic rings. The fourth-order valence-corrected chi connectivity index (χ4v) is 4.53. The molecule has 3 aromatic carbocycles. The Bertz CT molecular complexity index is 1200. The van der Waals surface area contributed by atoms with Crippen LogP contribution >= 0.6 is 0 Å². The van der Waals surface area contributed by atoms with Gasteiger partial charge in [-0.1, -0.05) is 84.0 Å². The molecule has 0 amide bonds. The first-order chi connectivity index (χ1) is 16.0. The molecule has 1 heterocycles. The van der Waals surface area contributed by atoms with Gasteiger partial charge < -0.3 is 9.63 Å². The van der Waals surface area contributed by atoms with Crippen LogP contribution in [-0.4, -0.2) is 15.9 Å². The second kappa shape index (κ2) is 8.99. The van der Waals surface area contributed by atoms with E-state index in [1.165, 1.54) is 35.1 Å². The van der Waals surface area contributed by atoms with Crippen LogP contribution in [0.15, 0.2) is 83.4 Å². The number of rotatable bonds is 8. The van der Waals surface area contributed by atoms with E-state index in [1.807, 2.05) is 32.0 Å². The first-order valence-electron chi connectivity index (χ1n) is 11.9. The van der Waals surface area contributed by atoms with Crippen molar-refractivity contribution >= 4 is 0 Å². The predicted octanol–water partition coefficient (Wildman–Crippen LogP) is 7.12. The van der Waals surface area contributed by atoms with Crippen LogP contribution in [0.5, 0.6) is 0 Å². The summed E-state index contributed by atoms with van der Waals surface area (Å²) in [6.07, 6.45) is 4.67. The molecule has 1 fully saturated rings. The third kappa shape index (κ3) is 5.09. The smallest absolute Gasteiger partial charge is 0.170 e. The average molecular weight is 438 g/mol. The Kier molecular flexibility index (Phi) is 5.90. The lowest BCUT2D eigenvalue weighted by atomic mass is 9.88. The van der Waals surface area contributed by atoms with Gasteiger partial charge >= 0.3 is 0 Å². The summed E-state index contributed by atoms with van der Waals surface area (Å²) < 4.78 is 5.72. The molecule has 33 heavy (non-hydrogen) atoms. The second-order valence-electron chi connectivity index (χ2n) is 9.71. The van der Waals surface area contributed by atoms with Gasteiger partial charge in [0.25, 0.3) is 0 Å². The highest BCUT2D eigenvalue weighted by atomic mass is 16.5. The molecule has 0 bridgehead atoms. The molecule has 0 spiro atoms. The van der Waals surface area contributed by atoms with Gasteiger partial charge in [-0.05, 0) is 67.7 Å². The monoisotopic (exact) mass is 437 g/mol. The normalized spacial score (nSPS) is 15.4. The van der Waals surface area contributed by atoms with Crippen molar-refractivity contribution in [3.05, 3.63) is 101 Å². The van der Waals surface area contributed by atoms with E-state index in [0.29, 0.717) is 12.8 Å². The Morgan fingerprint density at radius 1 is 0.879 bits per heavy atom. The van der Waals surface area contributed by atoms with Gasteiger partial charge in [0.2, 0.25) is 0 Å². The summed E-state index contributed by atoms with van der Waals surface area (Å²) >= 11 is 0. The minimum atomic E-state index is -0.843. The zero-order chi connectivity index (χ0) is 22.8. The average Bonchev–Trinajstić information content (AvgIpc) is 3.63. The van der Waals surface area contributed by atoms with E-state index >= 15 is 0 Å². The third-order valence-corrected chi connectivity index (χ3v) is 6.78. The molecule has 1 N–H and O–H groups in total. The van der Waals surface area contributed by atoms with E-state index in [-0.39, 0.29) is 0 Å². The second-order valence-corrected chi connectivity index (χ2v) is 9.71. The van der Waals surface area contributed by atoms with E-state index in [0.717, 1.165) is 34.9 Å². The van der Waals surface area contributed by atoms with Crippen LogP contribution in [-0.2, 0) is 12.8 Å². The zero-order valence-corrected chi connectivity index (χ0v) is 19.4. The molecule has 3 nitrogen and oxygen atoms in total. The van der Waals surface area contributed by atoms with Crippen molar-refractivity contribution in [2.24, 2.45) is 0 Å². The van der Waals surface area contributed by atoms with Gasteiger partial charge in [0, 0.05) is 17.5 Å². The molecule has 1 unspecified atom stereocenters.